The number of nitro groups is 1. The molecule has 81 heavy (non-hydrogen) atoms. The molecule has 4 saturated heterocycles. The van der Waals surface area contributed by atoms with Gasteiger partial charge in [0.15, 0.2) is 23.1 Å². The Kier molecular flexibility index (Phi) is 14.1. The van der Waals surface area contributed by atoms with Crippen LogP contribution in [0.5, 0.6) is 11.6 Å². The number of benzene rings is 4. The fourth-order valence-corrected chi connectivity index (χ4v) is 15.2. The molecule has 0 bridgehead atoms. The van der Waals surface area contributed by atoms with Crippen LogP contribution < -0.4 is 29.3 Å². The molecule has 18 nitrogen and oxygen atoms in total. The van der Waals surface area contributed by atoms with E-state index in [0.717, 1.165) is 100 Å². The lowest BCUT2D eigenvalue weighted by Crippen LogP contribution is -2.60. The zero-order valence-corrected chi connectivity index (χ0v) is 46.3. The standard InChI is InChI=1S/C60H67F2N9O9S/c1-3-48(38-8-11-45(61)46(62)26-38)68-21-22-69(53(33-68)43-7-5-4-6-36(43)2)41-31-60(32-41)16-19-67(20-17-60)40-9-10-44(50(28-40)70-49-15-25-78-35-55(49)80-59-52(70)27-39-12-18-63-57(39)65-59)58(72)66-81(75,76)42-29-51(71(73)74)56-54(30-42)79-34-47(64-56)37-13-23-77-24-14-37/h4-12,18,26-30,37,41,47-49,53,55,64H,3,13-17,19-25,31-35H2,1-2H3,(H,63,65)(H,66,72)/t47-,48-,49-,53-,55-/m0/s1. The quantitative estimate of drug-likeness (QED) is 0.0773. The molecule has 8 heterocycles. The summed E-state index contributed by atoms with van der Waals surface area (Å²) in [4.78, 5) is 44.0. The second-order valence-corrected chi connectivity index (χ2v) is 24.8. The molecule has 6 aromatic rings. The minimum Gasteiger partial charge on any atom is -0.489 e. The Hall–Kier alpha value is -6.91. The van der Waals surface area contributed by atoms with E-state index in [1.165, 1.54) is 29.3 Å². The highest BCUT2D eigenvalue weighted by Gasteiger charge is 2.51. The van der Waals surface area contributed by atoms with Gasteiger partial charge in [0.2, 0.25) is 5.88 Å². The Morgan fingerprint density at radius 3 is 2.49 bits per heavy atom. The lowest BCUT2D eigenvalue weighted by atomic mass is 9.59. The van der Waals surface area contributed by atoms with Crippen LogP contribution in [0.15, 0.2) is 96.0 Å². The maximum absolute atomic E-state index is 14.9. The molecule has 1 spiro atoms. The van der Waals surface area contributed by atoms with Crippen LogP contribution in [0.25, 0.3) is 11.0 Å². The van der Waals surface area contributed by atoms with Gasteiger partial charge in [0.05, 0.1) is 39.8 Å². The number of piperazine rings is 1. The smallest absolute Gasteiger partial charge is 0.297 e. The number of nitrogens with one attached hydrogen (secondary N) is 3. The largest absolute Gasteiger partial charge is 0.489 e. The number of nitro benzene ring substituents is 1. The Labute approximate surface area is 469 Å². The number of anilines is 4. The predicted molar refractivity (Wildman–Crippen MR) is 301 cm³/mol. The summed E-state index contributed by atoms with van der Waals surface area (Å²) in [6.07, 6.45) is 8.21. The minimum absolute atomic E-state index is 0.0132. The highest BCUT2D eigenvalue weighted by molar-refractivity contribution is 7.90. The third-order valence-corrected chi connectivity index (χ3v) is 19.9. The number of aryl methyl sites for hydroxylation is 1. The van der Waals surface area contributed by atoms with Crippen molar-refractivity contribution in [3.63, 3.8) is 0 Å². The number of halogens is 2. The normalized spacial score (nSPS) is 23.8. The summed E-state index contributed by atoms with van der Waals surface area (Å²) in [7, 11) is -4.73. The Balaban J connectivity index is 0.773. The molecular weight excluding hydrogens is 1060 g/mol. The summed E-state index contributed by atoms with van der Waals surface area (Å²) in [5.74, 6) is -2.06. The summed E-state index contributed by atoms with van der Waals surface area (Å²) >= 11 is 0. The number of H-pyrrole nitrogens is 1. The van der Waals surface area contributed by atoms with E-state index in [0.29, 0.717) is 55.2 Å². The van der Waals surface area contributed by atoms with Crippen LogP contribution >= 0.6 is 0 Å². The van der Waals surface area contributed by atoms with Crippen molar-refractivity contribution in [2.24, 2.45) is 11.3 Å². The van der Waals surface area contributed by atoms with Crippen LogP contribution in [0, 0.1) is 40.0 Å². The van der Waals surface area contributed by atoms with Crippen LogP contribution in [-0.4, -0.2) is 129 Å². The van der Waals surface area contributed by atoms with Crippen molar-refractivity contribution in [1.29, 1.82) is 0 Å². The number of hydrogen-bond acceptors (Lipinski definition) is 15. The van der Waals surface area contributed by atoms with Crippen LogP contribution in [0.3, 0.4) is 0 Å². The van der Waals surface area contributed by atoms with E-state index in [1.807, 2.05) is 24.3 Å². The molecule has 21 heteroatoms. The molecule has 7 aliphatic rings. The highest BCUT2D eigenvalue weighted by atomic mass is 32.2. The average Bonchev–Trinajstić information content (AvgIpc) is 3.94. The minimum atomic E-state index is -4.73. The number of amides is 1. The van der Waals surface area contributed by atoms with Crippen molar-refractivity contribution in [2.45, 2.75) is 106 Å². The molecule has 4 aromatic carbocycles. The topological polar surface area (TPSA) is 197 Å². The molecule has 3 N–H and O–H groups in total. The average molecular weight is 1130 g/mol. The van der Waals surface area contributed by atoms with Gasteiger partial charge >= 0.3 is 0 Å². The molecule has 5 atom stereocenters. The van der Waals surface area contributed by atoms with E-state index in [9.17, 15) is 32.1 Å². The summed E-state index contributed by atoms with van der Waals surface area (Å²) in [6.45, 7) is 10.3. The van der Waals surface area contributed by atoms with E-state index in [4.69, 9.17) is 23.9 Å². The number of aromatic nitrogens is 2. The number of ether oxygens (including phenoxy) is 4. The molecule has 1 amide bonds. The van der Waals surface area contributed by atoms with Gasteiger partial charge in [0.1, 0.15) is 24.0 Å². The molecule has 1 aliphatic carbocycles. The molecule has 6 aliphatic heterocycles. The van der Waals surface area contributed by atoms with Gasteiger partial charge in [0.25, 0.3) is 21.6 Å². The van der Waals surface area contributed by atoms with Gasteiger partial charge in [-0.15, -0.1) is 0 Å². The zero-order valence-electron chi connectivity index (χ0n) is 45.5. The lowest BCUT2D eigenvalue weighted by Gasteiger charge is -2.58. The first-order chi connectivity index (χ1) is 39.2. The molecule has 426 valence electrons. The summed E-state index contributed by atoms with van der Waals surface area (Å²) in [5.41, 5.74) is 5.74. The zero-order chi connectivity index (χ0) is 55.7. The van der Waals surface area contributed by atoms with E-state index in [-0.39, 0.29) is 65.7 Å². The number of carbonyl (C=O) groups excluding carboxylic acids is 1. The van der Waals surface area contributed by atoms with Crippen molar-refractivity contribution in [2.75, 3.05) is 80.9 Å². The van der Waals surface area contributed by atoms with Gasteiger partial charge in [-0.3, -0.25) is 24.7 Å². The second kappa shape index (κ2) is 21.4. The van der Waals surface area contributed by atoms with E-state index >= 15 is 0 Å². The van der Waals surface area contributed by atoms with Crippen molar-refractivity contribution in [1.82, 2.24) is 24.5 Å². The molecule has 1 saturated carbocycles. The molecule has 2 aromatic heterocycles. The monoisotopic (exact) mass is 1130 g/mol. The lowest BCUT2D eigenvalue weighted by molar-refractivity contribution is -0.384. The molecule has 13 rings (SSSR count). The number of rotatable bonds is 12. The SMILES string of the molecule is CC[C@@H](c1ccc(F)c(F)c1)N1CCN(C2CC3(CCN(c4ccc(C(=O)NS(=O)(=O)c5cc6c(c([N+](=O)[O-])c5)N[C@H](C5CCOCC5)CO6)c(N5c6cc7cc[nH]c7nc6O[C@H]6COCC[C@@H]65)c4)CC3)C2)[C@H](c2ccccc2C)C1. The van der Waals surface area contributed by atoms with Crippen LogP contribution in [0.1, 0.15) is 97.4 Å². The predicted octanol–water partition coefficient (Wildman–Crippen LogP) is 9.72. The molecule has 5 fully saturated rings. The van der Waals surface area contributed by atoms with Crippen molar-refractivity contribution >= 4 is 55.4 Å². The second-order valence-electron chi connectivity index (χ2n) is 23.2. The molecule has 0 radical (unpaired) electrons. The van der Waals surface area contributed by atoms with Crippen molar-refractivity contribution in [3.05, 3.63) is 135 Å². The number of nitrogens with zero attached hydrogens (tertiary/aromatic N) is 6. The number of pyridine rings is 1. The number of carbonyl (C=O) groups is 1. The van der Waals surface area contributed by atoms with Gasteiger partial charge in [0, 0.05) is 100 Å². The van der Waals surface area contributed by atoms with E-state index < -0.39 is 49.2 Å². The summed E-state index contributed by atoms with van der Waals surface area (Å²) in [5, 5.41) is 16.7. The third-order valence-electron chi connectivity index (χ3n) is 18.6. The Bertz CT molecular complexity index is 3510. The van der Waals surface area contributed by atoms with E-state index in [1.54, 1.807) is 18.3 Å². The Morgan fingerprint density at radius 2 is 1.72 bits per heavy atom. The van der Waals surface area contributed by atoms with Gasteiger partial charge < -0.3 is 39.0 Å². The van der Waals surface area contributed by atoms with Gasteiger partial charge in [-0.25, -0.2) is 21.9 Å². The highest BCUT2D eigenvalue weighted by Crippen LogP contribution is 2.54. The van der Waals surface area contributed by atoms with Crippen LogP contribution in [0.2, 0.25) is 0 Å². The number of aromatic amines is 1. The maximum atomic E-state index is 14.9. The number of piperidine rings is 1. The van der Waals surface area contributed by atoms with Crippen molar-refractivity contribution < 1.29 is 45.9 Å². The fraction of sp³-hybridized carbons (Fsp3) is 0.467. The van der Waals surface area contributed by atoms with Gasteiger partial charge in [-0.2, -0.15) is 4.98 Å². The number of hydrogen-bond donors (Lipinski definition) is 3. The summed E-state index contributed by atoms with van der Waals surface area (Å²) in [6, 6.07) is 24.4. The Morgan fingerprint density at radius 1 is 0.914 bits per heavy atom. The van der Waals surface area contributed by atoms with Gasteiger partial charge in [-0.1, -0.05) is 37.3 Å². The first kappa shape index (κ1) is 53.4. The number of sulfonamides is 1. The number of fused-ring (bicyclic) bond motifs is 4. The third kappa shape index (κ3) is 10.0. The molecule has 0 unspecified atom stereocenters. The van der Waals surface area contributed by atoms with Crippen LogP contribution in [0.4, 0.5) is 37.2 Å². The first-order valence-corrected chi connectivity index (χ1v) is 30.0. The van der Waals surface area contributed by atoms with Gasteiger partial charge in [-0.05, 0) is 129 Å². The van der Waals surface area contributed by atoms with Crippen molar-refractivity contribution in [3.8, 4) is 11.6 Å². The maximum Gasteiger partial charge on any atom is 0.297 e. The fourth-order valence-electron chi connectivity index (χ4n) is 14.2. The molecular formula is C60H67F2N9O9S. The summed E-state index contributed by atoms with van der Waals surface area (Å²) < 4.78 is 83.8. The van der Waals surface area contributed by atoms with Crippen LogP contribution in [-0.2, 0) is 19.5 Å². The van der Waals surface area contributed by atoms with E-state index in [2.05, 4.69) is 72.7 Å². The first-order valence-electron chi connectivity index (χ1n) is 28.5.